The van der Waals surface area contributed by atoms with Crippen LogP contribution in [0.1, 0.15) is 65.2 Å². The number of thioether (sulfide) groups is 1. The molecule has 0 bridgehead atoms. The van der Waals surface area contributed by atoms with Gasteiger partial charge in [0.25, 0.3) is 0 Å². The largest absolute Gasteiger partial charge is 0.381 e. The molecular weight excluding hydrogens is 416 g/mol. The van der Waals surface area contributed by atoms with Crippen LogP contribution in [0.15, 0.2) is 5.10 Å². The number of nitrogens with one attached hydrogen (secondary N) is 2. The molecule has 3 rings (SSSR count). The zero-order chi connectivity index (χ0) is 22.2. The molecule has 0 spiro atoms. The highest BCUT2D eigenvalue weighted by atomic mass is 32.2. The van der Waals surface area contributed by atoms with Gasteiger partial charge in [0, 0.05) is 37.5 Å². The van der Waals surface area contributed by atoms with Gasteiger partial charge in [-0.2, -0.15) is 0 Å². The number of ether oxygens (including phenoxy) is 1. The molecule has 9 heteroatoms. The first kappa shape index (κ1) is 24.0. The van der Waals surface area contributed by atoms with Crippen molar-refractivity contribution in [2.24, 2.45) is 16.9 Å². The average molecular weight is 453 g/mol. The minimum atomic E-state index is -0.819. The van der Waals surface area contributed by atoms with Crippen molar-refractivity contribution in [1.29, 1.82) is 0 Å². The van der Waals surface area contributed by atoms with E-state index in [1.54, 1.807) is 11.8 Å². The fraction of sp³-hybridized carbons (Fsp3) is 0.818. The van der Waals surface area contributed by atoms with Crippen LogP contribution in [0.25, 0.3) is 0 Å². The second kappa shape index (κ2) is 11.9. The van der Waals surface area contributed by atoms with Crippen molar-refractivity contribution in [3.05, 3.63) is 0 Å². The number of carbonyl (C=O) groups excluding carboxylic acids is 3. The van der Waals surface area contributed by atoms with Gasteiger partial charge < -0.3 is 15.0 Å². The topological polar surface area (TPSA) is 100 Å². The highest BCUT2D eigenvalue weighted by Crippen LogP contribution is 2.26. The van der Waals surface area contributed by atoms with Crippen LogP contribution in [-0.2, 0) is 19.1 Å². The molecule has 2 saturated heterocycles. The number of hydrogen-bond donors (Lipinski definition) is 2. The van der Waals surface area contributed by atoms with Crippen molar-refractivity contribution in [1.82, 2.24) is 15.6 Å². The summed E-state index contributed by atoms with van der Waals surface area (Å²) in [6, 6.07) is -0.424. The molecule has 2 aliphatic heterocycles. The standard InChI is InChI=1S/C22H36N4O4S/c1-3-17-14-31-22(26(17)4-2)25-24-21(29)19(27)18(15-10-12-30-13-11-15)23-20(28)16-8-6-5-7-9-16/h15-18H,3-14H2,1-2H3,(H,23,28)(H,24,29)/b25-22-/t17-,18-/m1/s1. The number of amidine groups is 1. The van der Waals surface area contributed by atoms with Crippen LogP contribution >= 0.6 is 11.8 Å². The average Bonchev–Trinajstić information content (AvgIpc) is 3.23. The molecule has 1 saturated carbocycles. The Hall–Kier alpha value is -1.61. The van der Waals surface area contributed by atoms with Crippen molar-refractivity contribution in [2.75, 3.05) is 25.5 Å². The number of hydrazone groups is 1. The summed E-state index contributed by atoms with van der Waals surface area (Å²) in [4.78, 5) is 40.8. The maximum absolute atomic E-state index is 13.1. The summed E-state index contributed by atoms with van der Waals surface area (Å²) < 4.78 is 5.42. The Balaban J connectivity index is 1.66. The summed E-state index contributed by atoms with van der Waals surface area (Å²) in [5.74, 6) is -0.702. The zero-order valence-corrected chi connectivity index (χ0v) is 19.5. The highest BCUT2D eigenvalue weighted by Gasteiger charge is 2.37. The molecular formula is C22H36N4O4S. The van der Waals surface area contributed by atoms with Crippen molar-refractivity contribution < 1.29 is 19.1 Å². The highest BCUT2D eigenvalue weighted by molar-refractivity contribution is 8.14. The predicted octanol–water partition coefficient (Wildman–Crippen LogP) is 2.28. The third-order valence-corrected chi connectivity index (χ3v) is 7.81. The van der Waals surface area contributed by atoms with Crippen LogP contribution in [0.2, 0.25) is 0 Å². The molecule has 174 valence electrons. The SMILES string of the molecule is CC[C@@H]1CS/C(=N\NC(=O)C(=O)[C@H](NC(=O)C2CCCCC2)C2CCOCC2)N1CC. The van der Waals surface area contributed by atoms with Crippen molar-refractivity contribution in [3.63, 3.8) is 0 Å². The molecule has 2 amide bonds. The predicted molar refractivity (Wildman–Crippen MR) is 122 cm³/mol. The van der Waals surface area contributed by atoms with Crippen molar-refractivity contribution in [3.8, 4) is 0 Å². The van der Waals surface area contributed by atoms with Crippen LogP contribution in [0.4, 0.5) is 0 Å². The summed E-state index contributed by atoms with van der Waals surface area (Å²) in [6.45, 7) is 6.07. The molecule has 0 radical (unpaired) electrons. The lowest BCUT2D eigenvalue weighted by Gasteiger charge is -2.31. The van der Waals surface area contributed by atoms with E-state index in [0.29, 0.717) is 32.1 Å². The first-order valence-electron chi connectivity index (χ1n) is 11.7. The number of nitrogens with zero attached hydrogens (tertiary/aromatic N) is 2. The smallest absolute Gasteiger partial charge is 0.309 e. The van der Waals surface area contributed by atoms with E-state index in [1.807, 2.05) is 0 Å². The van der Waals surface area contributed by atoms with Gasteiger partial charge in [-0.3, -0.25) is 14.4 Å². The lowest BCUT2D eigenvalue weighted by Crippen LogP contribution is -2.53. The van der Waals surface area contributed by atoms with Gasteiger partial charge in [0.2, 0.25) is 11.7 Å². The molecule has 3 aliphatic rings. The molecule has 2 heterocycles. The summed E-state index contributed by atoms with van der Waals surface area (Å²) in [5.41, 5.74) is 2.46. The lowest BCUT2D eigenvalue weighted by atomic mass is 9.85. The second-order valence-corrected chi connectivity index (χ2v) is 9.62. The minimum absolute atomic E-state index is 0.0637. The molecule has 8 nitrogen and oxygen atoms in total. The Morgan fingerprint density at radius 2 is 1.84 bits per heavy atom. The van der Waals surface area contributed by atoms with E-state index in [2.05, 4.69) is 34.6 Å². The van der Waals surface area contributed by atoms with E-state index in [9.17, 15) is 14.4 Å². The maximum Gasteiger partial charge on any atom is 0.309 e. The van der Waals surface area contributed by atoms with Gasteiger partial charge in [-0.15, -0.1) is 5.10 Å². The third-order valence-electron chi connectivity index (χ3n) is 6.67. The molecule has 0 aromatic carbocycles. The molecule has 1 aliphatic carbocycles. The molecule has 2 N–H and O–H groups in total. The van der Waals surface area contributed by atoms with Gasteiger partial charge in [0.1, 0.15) is 6.04 Å². The summed E-state index contributed by atoms with van der Waals surface area (Å²) >= 11 is 1.59. The third kappa shape index (κ3) is 6.22. The number of amides is 2. The van der Waals surface area contributed by atoms with Crippen LogP contribution < -0.4 is 10.7 Å². The fourth-order valence-corrected chi connectivity index (χ4v) is 6.02. The quantitative estimate of drug-likeness (QED) is 0.433. The summed E-state index contributed by atoms with van der Waals surface area (Å²) in [6.07, 6.45) is 7.24. The molecule has 31 heavy (non-hydrogen) atoms. The Kier molecular flexibility index (Phi) is 9.19. The van der Waals surface area contributed by atoms with E-state index in [0.717, 1.165) is 56.0 Å². The van der Waals surface area contributed by atoms with Crippen molar-refractivity contribution in [2.45, 2.75) is 77.3 Å². The van der Waals surface area contributed by atoms with E-state index in [1.165, 1.54) is 0 Å². The molecule has 0 unspecified atom stereocenters. The van der Waals surface area contributed by atoms with Crippen LogP contribution in [-0.4, -0.2) is 65.3 Å². The zero-order valence-electron chi connectivity index (χ0n) is 18.7. The summed E-state index contributed by atoms with van der Waals surface area (Å²) in [7, 11) is 0. The van der Waals surface area contributed by atoms with Gasteiger partial charge >= 0.3 is 5.91 Å². The van der Waals surface area contributed by atoms with Crippen LogP contribution in [0, 0.1) is 11.8 Å². The van der Waals surface area contributed by atoms with E-state index < -0.39 is 17.7 Å². The van der Waals surface area contributed by atoms with Gasteiger partial charge in [-0.05, 0) is 44.9 Å². The van der Waals surface area contributed by atoms with E-state index >= 15 is 0 Å². The van der Waals surface area contributed by atoms with E-state index in [-0.39, 0.29) is 17.7 Å². The van der Waals surface area contributed by atoms with Gasteiger partial charge in [0.15, 0.2) is 5.17 Å². The number of ketones is 1. The Labute approximate surface area is 189 Å². The Bertz CT molecular complexity index is 674. The van der Waals surface area contributed by atoms with Gasteiger partial charge in [-0.1, -0.05) is 37.9 Å². The van der Waals surface area contributed by atoms with Gasteiger partial charge in [-0.25, -0.2) is 5.43 Å². The number of rotatable bonds is 8. The normalized spacial score (nSPS) is 25.4. The summed E-state index contributed by atoms with van der Waals surface area (Å²) in [5, 5.41) is 7.91. The number of hydrogen-bond acceptors (Lipinski definition) is 6. The number of carbonyl (C=O) groups is 3. The fourth-order valence-electron chi connectivity index (χ4n) is 4.71. The molecule has 3 fully saturated rings. The minimum Gasteiger partial charge on any atom is -0.381 e. The lowest BCUT2D eigenvalue weighted by molar-refractivity contribution is -0.142. The molecule has 0 aromatic rings. The first-order valence-corrected chi connectivity index (χ1v) is 12.7. The maximum atomic E-state index is 13.1. The Morgan fingerprint density at radius 3 is 2.48 bits per heavy atom. The second-order valence-electron chi connectivity index (χ2n) is 8.63. The van der Waals surface area contributed by atoms with Gasteiger partial charge in [0.05, 0.1) is 0 Å². The van der Waals surface area contributed by atoms with Crippen LogP contribution in [0.5, 0.6) is 0 Å². The van der Waals surface area contributed by atoms with Crippen LogP contribution in [0.3, 0.4) is 0 Å². The first-order chi connectivity index (χ1) is 15.0. The van der Waals surface area contributed by atoms with Crippen molar-refractivity contribution >= 4 is 34.5 Å². The van der Waals surface area contributed by atoms with E-state index in [4.69, 9.17) is 4.74 Å². The Morgan fingerprint density at radius 1 is 1.13 bits per heavy atom. The monoisotopic (exact) mass is 452 g/mol. The molecule has 2 atom stereocenters. The number of Topliss-reactive ketones (excluding diaryl/α,β-unsaturated/α-hetero) is 1. The molecule has 0 aromatic heterocycles.